The van der Waals surface area contributed by atoms with Crippen molar-refractivity contribution in [1.82, 2.24) is 0 Å². The lowest BCUT2D eigenvalue weighted by Gasteiger charge is -2.19. The molecule has 1 aliphatic carbocycles. The first-order valence-electron chi connectivity index (χ1n) is 5.17. The molecule has 1 saturated carbocycles. The van der Waals surface area contributed by atoms with Crippen LogP contribution in [0.15, 0.2) is 30.0 Å². The van der Waals surface area contributed by atoms with Crippen molar-refractivity contribution in [2.24, 2.45) is 5.41 Å². The number of hydrogen-bond donors (Lipinski definition) is 0. The van der Waals surface area contributed by atoms with E-state index in [9.17, 15) is 4.79 Å². The van der Waals surface area contributed by atoms with E-state index < -0.39 is 0 Å². The van der Waals surface area contributed by atoms with E-state index in [4.69, 9.17) is 0 Å². The van der Waals surface area contributed by atoms with Gasteiger partial charge < -0.3 is 0 Å². The highest BCUT2D eigenvalue weighted by Crippen LogP contribution is 2.27. The summed E-state index contributed by atoms with van der Waals surface area (Å²) in [4.78, 5) is 11.6. The lowest BCUT2D eigenvalue weighted by Crippen LogP contribution is -2.13. The smallest absolute Gasteiger partial charge is 0.158 e. The molecule has 1 fully saturated rings. The molecule has 0 atom stereocenters. The second kappa shape index (κ2) is 4.43. The van der Waals surface area contributed by atoms with Gasteiger partial charge >= 0.3 is 0 Å². The second-order valence-corrected chi connectivity index (χ2v) is 4.47. The topological polar surface area (TPSA) is 17.1 Å². The Morgan fingerprint density at radius 3 is 2.57 bits per heavy atom. The standard InChI is InChI=1S/C13H18O/c1-4-9-13(2,3)10-11-7-5-6-8-12(11)14/h9-10H,1,5-8H2,2-3H3/b11-10+. The van der Waals surface area contributed by atoms with Gasteiger partial charge in [-0.3, -0.25) is 4.79 Å². The van der Waals surface area contributed by atoms with Gasteiger partial charge in [0.15, 0.2) is 5.78 Å². The van der Waals surface area contributed by atoms with Gasteiger partial charge in [-0.1, -0.05) is 26.5 Å². The summed E-state index contributed by atoms with van der Waals surface area (Å²) in [5.41, 5.74) is 3.68. The maximum atomic E-state index is 11.6. The zero-order chi connectivity index (χ0) is 10.6. The fourth-order valence-corrected chi connectivity index (χ4v) is 1.81. The minimum absolute atomic E-state index is 0.0932. The van der Waals surface area contributed by atoms with Gasteiger partial charge in [-0.25, -0.2) is 0 Å². The van der Waals surface area contributed by atoms with Crippen LogP contribution in [0.1, 0.15) is 39.5 Å². The third-order valence-corrected chi connectivity index (χ3v) is 2.48. The lowest BCUT2D eigenvalue weighted by atomic mass is 9.85. The van der Waals surface area contributed by atoms with E-state index >= 15 is 0 Å². The van der Waals surface area contributed by atoms with E-state index in [0.29, 0.717) is 5.78 Å². The molecule has 0 aliphatic heterocycles. The Balaban J connectivity index is 2.84. The van der Waals surface area contributed by atoms with Crippen LogP contribution in [0.4, 0.5) is 0 Å². The van der Waals surface area contributed by atoms with E-state index in [1.165, 1.54) is 0 Å². The number of hydrogen-bond acceptors (Lipinski definition) is 1. The summed E-state index contributed by atoms with van der Waals surface area (Å²) in [5.74, 6) is 0.321. The van der Waals surface area contributed by atoms with Gasteiger partial charge in [-0.15, -0.1) is 5.73 Å². The van der Waals surface area contributed by atoms with Gasteiger partial charge in [0, 0.05) is 11.8 Å². The van der Waals surface area contributed by atoms with E-state index in [-0.39, 0.29) is 5.41 Å². The van der Waals surface area contributed by atoms with Crippen LogP contribution in [0, 0.1) is 5.41 Å². The maximum absolute atomic E-state index is 11.6. The number of Topliss-reactive ketones (excluding diaryl/α,β-unsaturated/α-hetero) is 1. The highest BCUT2D eigenvalue weighted by molar-refractivity contribution is 5.96. The van der Waals surface area contributed by atoms with Crippen molar-refractivity contribution >= 4 is 5.78 Å². The minimum atomic E-state index is -0.0932. The summed E-state index contributed by atoms with van der Waals surface area (Å²) in [6.07, 6.45) is 7.82. The Hall–Kier alpha value is -1.07. The largest absolute Gasteiger partial charge is 0.295 e. The minimum Gasteiger partial charge on any atom is -0.295 e. The molecule has 0 saturated heterocycles. The molecule has 1 nitrogen and oxygen atoms in total. The van der Waals surface area contributed by atoms with Crippen molar-refractivity contribution in [1.29, 1.82) is 0 Å². The van der Waals surface area contributed by atoms with Crippen LogP contribution in [0.3, 0.4) is 0 Å². The third-order valence-electron chi connectivity index (χ3n) is 2.48. The quantitative estimate of drug-likeness (QED) is 0.481. The van der Waals surface area contributed by atoms with Crippen LogP contribution in [0.25, 0.3) is 0 Å². The van der Waals surface area contributed by atoms with Crippen molar-refractivity contribution in [3.63, 3.8) is 0 Å². The van der Waals surface area contributed by atoms with Crippen molar-refractivity contribution in [3.8, 4) is 0 Å². The van der Waals surface area contributed by atoms with Gasteiger partial charge in [-0.05, 0) is 30.9 Å². The van der Waals surface area contributed by atoms with Crippen molar-refractivity contribution in [2.45, 2.75) is 39.5 Å². The van der Waals surface area contributed by atoms with Crippen molar-refractivity contribution < 1.29 is 4.79 Å². The summed E-state index contributed by atoms with van der Waals surface area (Å²) in [5, 5.41) is 0. The average molecular weight is 190 g/mol. The summed E-state index contributed by atoms with van der Waals surface area (Å²) in [6, 6.07) is 0. The van der Waals surface area contributed by atoms with Crippen LogP contribution in [-0.2, 0) is 4.79 Å². The normalized spacial score (nSPS) is 20.7. The van der Waals surface area contributed by atoms with Gasteiger partial charge in [0.1, 0.15) is 0 Å². The predicted molar refractivity (Wildman–Crippen MR) is 59.0 cm³/mol. The first kappa shape index (κ1) is 11.0. The molecule has 1 heteroatoms. The Labute approximate surface area is 86.2 Å². The molecule has 1 rings (SSSR count). The van der Waals surface area contributed by atoms with Gasteiger partial charge in [0.25, 0.3) is 0 Å². The SMILES string of the molecule is C=C=CC(C)(C)/C=C1\CCCCC1=O. The third kappa shape index (κ3) is 3.01. The maximum Gasteiger partial charge on any atom is 0.158 e. The van der Waals surface area contributed by atoms with Crippen molar-refractivity contribution in [2.75, 3.05) is 0 Å². The molecule has 0 aromatic rings. The molecule has 0 heterocycles. The molecule has 0 spiro atoms. The molecular formula is C13H18O. The first-order valence-corrected chi connectivity index (χ1v) is 5.17. The van der Waals surface area contributed by atoms with Crippen LogP contribution in [0.2, 0.25) is 0 Å². The van der Waals surface area contributed by atoms with Crippen LogP contribution in [-0.4, -0.2) is 5.78 Å². The van der Waals surface area contributed by atoms with Gasteiger partial charge in [-0.2, -0.15) is 0 Å². The predicted octanol–water partition coefficient (Wildman–Crippen LogP) is 3.42. The molecule has 0 bridgehead atoms. The summed E-state index contributed by atoms with van der Waals surface area (Å²) in [7, 11) is 0. The van der Waals surface area contributed by atoms with E-state index in [0.717, 1.165) is 31.3 Å². The molecule has 0 aromatic heterocycles. The molecule has 1 aliphatic rings. The number of rotatable bonds is 2. The van der Waals surface area contributed by atoms with Gasteiger partial charge in [0.05, 0.1) is 0 Å². The van der Waals surface area contributed by atoms with E-state index in [1.54, 1.807) is 0 Å². The average Bonchev–Trinajstić information content (AvgIpc) is 2.08. The second-order valence-electron chi connectivity index (χ2n) is 4.47. The number of carbonyl (C=O) groups is 1. The number of allylic oxidation sites excluding steroid dienone is 3. The fourth-order valence-electron chi connectivity index (χ4n) is 1.81. The summed E-state index contributed by atoms with van der Waals surface area (Å²) >= 11 is 0. The zero-order valence-electron chi connectivity index (χ0n) is 9.10. The Morgan fingerprint density at radius 1 is 1.36 bits per heavy atom. The van der Waals surface area contributed by atoms with Crippen molar-refractivity contribution in [3.05, 3.63) is 30.0 Å². The molecule has 0 amide bonds. The van der Waals surface area contributed by atoms with E-state index in [1.807, 2.05) is 6.08 Å². The number of ketones is 1. The highest BCUT2D eigenvalue weighted by atomic mass is 16.1. The Kier molecular flexibility index (Phi) is 3.49. The zero-order valence-corrected chi connectivity index (χ0v) is 9.10. The van der Waals surface area contributed by atoms with Gasteiger partial charge in [0.2, 0.25) is 0 Å². The molecule has 0 radical (unpaired) electrons. The summed E-state index contributed by atoms with van der Waals surface area (Å²) < 4.78 is 0. The molecule has 0 N–H and O–H groups in total. The van der Waals surface area contributed by atoms with Crippen LogP contribution < -0.4 is 0 Å². The Bertz CT molecular complexity index is 301. The Morgan fingerprint density at radius 2 is 2.00 bits per heavy atom. The molecular weight excluding hydrogens is 172 g/mol. The molecule has 0 aromatic carbocycles. The number of carbonyl (C=O) groups excluding carboxylic acids is 1. The van der Waals surface area contributed by atoms with Crippen LogP contribution in [0.5, 0.6) is 0 Å². The monoisotopic (exact) mass is 190 g/mol. The highest BCUT2D eigenvalue weighted by Gasteiger charge is 2.19. The molecule has 76 valence electrons. The lowest BCUT2D eigenvalue weighted by molar-refractivity contribution is -0.116. The van der Waals surface area contributed by atoms with E-state index in [2.05, 4.69) is 32.2 Å². The first-order chi connectivity index (χ1) is 6.55. The molecule has 0 unspecified atom stereocenters. The summed E-state index contributed by atoms with van der Waals surface area (Å²) in [6.45, 7) is 7.70. The fraction of sp³-hybridized carbons (Fsp3) is 0.538. The van der Waals surface area contributed by atoms with Crippen LogP contribution >= 0.6 is 0 Å². The molecule has 14 heavy (non-hydrogen) atoms.